The number of benzene rings is 1. The Bertz CT molecular complexity index is 841. The van der Waals surface area contributed by atoms with Crippen molar-refractivity contribution in [1.82, 2.24) is 21.3 Å². The maximum Gasteiger partial charge on any atom is 0.258 e. The number of rotatable bonds is 6. The summed E-state index contributed by atoms with van der Waals surface area (Å²) in [5, 5.41) is 23.3. The summed E-state index contributed by atoms with van der Waals surface area (Å²) in [5.41, 5.74) is -1.18. The van der Waals surface area contributed by atoms with Crippen LogP contribution in [0.1, 0.15) is 32.1 Å². The fraction of sp³-hybridized carbons (Fsp3) is 0.619. The van der Waals surface area contributed by atoms with E-state index in [-0.39, 0.29) is 35.2 Å². The second-order valence-corrected chi connectivity index (χ2v) is 9.18. The summed E-state index contributed by atoms with van der Waals surface area (Å²) in [7, 11) is 0. The van der Waals surface area contributed by atoms with Gasteiger partial charge < -0.3 is 31.1 Å². The van der Waals surface area contributed by atoms with Crippen molar-refractivity contribution in [1.29, 1.82) is 0 Å². The molecular formula is C21H28ClFN4O4. The first-order valence-corrected chi connectivity index (χ1v) is 11.0. The molecule has 5 N–H and O–H groups in total. The summed E-state index contributed by atoms with van der Waals surface area (Å²) < 4.78 is 18.9. The molecule has 4 aliphatic rings. The summed E-state index contributed by atoms with van der Waals surface area (Å²) in [6, 6.07) is 3.69. The molecule has 8 nitrogen and oxygen atoms in total. The third-order valence-electron chi connectivity index (χ3n) is 6.72. The molecule has 170 valence electrons. The molecule has 1 aliphatic heterocycles. The van der Waals surface area contributed by atoms with Gasteiger partial charge in [-0.1, -0.05) is 11.6 Å². The number of hydrogen-bond donors (Lipinski definition) is 5. The first-order valence-electron chi connectivity index (χ1n) is 10.6. The Hall–Kier alpha value is -1.94. The number of carbonyl (C=O) groups excluding carboxylic acids is 2. The number of ether oxygens (including phenoxy) is 1. The third kappa shape index (κ3) is 4.79. The molecule has 10 heteroatoms. The summed E-state index contributed by atoms with van der Waals surface area (Å²) >= 11 is 5.65. The largest absolute Gasteiger partial charge is 0.484 e. The predicted octanol–water partition coefficient (Wildman–Crippen LogP) is 0.468. The van der Waals surface area contributed by atoms with Gasteiger partial charge in [-0.25, -0.2) is 4.39 Å². The van der Waals surface area contributed by atoms with Crippen LogP contribution in [-0.2, 0) is 9.59 Å². The number of amides is 2. The van der Waals surface area contributed by atoms with E-state index in [0.29, 0.717) is 38.6 Å². The highest BCUT2D eigenvalue weighted by Gasteiger charge is 2.55. The van der Waals surface area contributed by atoms with Gasteiger partial charge in [0.2, 0.25) is 5.91 Å². The lowest BCUT2D eigenvalue weighted by Crippen LogP contribution is -2.72. The lowest BCUT2D eigenvalue weighted by molar-refractivity contribution is -0.137. The molecule has 1 aromatic rings. The number of nitrogens with one attached hydrogen (secondary N) is 4. The minimum Gasteiger partial charge on any atom is -0.484 e. The quantitative estimate of drug-likeness (QED) is 0.427. The lowest BCUT2D eigenvalue weighted by Gasteiger charge is -2.56. The average molecular weight is 455 g/mol. The first-order chi connectivity index (χ1) is 14.8. The van der Waals surface area contributed by atoms with E-state index in [9.17, 15) is 19.1 Å². The van der Waals surface area contributed by atoms with Crippen LogP contribution in [0.15, 0.2) is 18.2 Å². The number of aliphatic hydroxyl groups is 1. The normalized spacial score (nSPS) is 32.4. The van der Waals surface area contributed by atoms with Crippen LogP contribution in [0.5, 0.6) is 5.75 Å². The Morgan fingerprint density at radius 2 is 2.00 bits per heavy atom. The molecule has 3 aliphatic carbocycles. The fourth-order valence-electron chi connectivity index (χ4n) is 4.88. The van der Waals surface area contributed by atoms with Crippen LogP contribution in [0.3, 0.4) is 0 Å². The van der Waals surface area contributed by atoms with Gasteiger partial charge in [0.05, 0.1) is 22.7 Å². The Balaban J connectivity index is 1.31. The highest BCUT2D eigenvalue weighted by molar-refractivity contribution is 6.30. The highest BCUT2D eigenvalue weighted by Crippen LogP contribution is 2.47. The van der Waals surface area contributed by atoms with Gasteiger partial charge in [0, 0.05) is 31.2 Å². The van der Waals surface area contributed by atoms with E-state index in [4.69, 9.17) is 16.3 Å². The van der Waals surface area contributed by atoms with Crippen LogP contribution in [0.4, 0.5) is 4.39 Å². The molecule has 0 radical (unpaired) electrons. The topological polar surface area (TPSA) is 112 Å². The second kappa shape index (κ2) is 8.90. The van der Waals surface area contributed by atoms with E-state index in [2.05, 4.69) is 21.3 Å². The van der Waals surface area contributed by atoms with Crippen LogP contribution in [0.25, 0.3) is 0 Å². The van der Waals surface area contributed by atoms with Crippen molar-refractivity contribution < 1.29 is 23.8 Å². The molecule has 0 aromatic heterocycles. The van der Waals surface area contributed by atoms with Crippen molar-refractivity contribution in [3.8, 4) is 5.75 Å². The van der Waals surface area contributed by atoms with Gasteiger partial charge in [-0.3, -0.25) is 9.59 Å². The molecule has 2 atom stereocenters. The molecule has 2 bridgehead atoms. The molecular weight excluding hydrogens is 427 g/mol. The van der Waals surface area contributed by atoms with Gasteiger partial charge in [-0.15, -0.1) is 0 Å². The van der Waals surface area contributed by atoms with E-state index in [1.165, 1.54) is 12.1 Å². The average Bonchev–Trinajstić information content (AvgIpc) is 2.76. The zero-order chi connectivity index (χ0) is 22.1. The van der Waals surface area contributed by atoms with Crippen molar-refractivity contribution in [2.75, 3.05) is 26.2 Å². The molecule has 1 aromatic carbocycles. The number of fused-ring (bicyclic) bond motifs is 3. The van der Waals surface area contributed by atoms with Crippen LogP contribution in [-0.4, -0.2) is 66.4 Å². The van der Waals surface area contributed by atoms with E-state index in [0.717, 1.165) is 19.2 Å². The predicted molar refractivity (Wildman–Crippen MR) is 112 cm³/mol. The van der Waals surface area contributed by atoms with Crippen LogP contribution in [0, 0.1) is 5.82 Å². The summed E-state index contributed by atoms with van der Waals surface area (Å²) in [6.07, 6.45) is 2.10. The number of carbonyl (C=O) groups is 2. The van der Waals surface area contributed by atoms with Crippen LogP contribution < -0.4 is 26.0 Å². The molecule has 1 heterocycles. The van der Waals surface area contributed by atoms with E-state index < -0.39 is 23.0 Å². The van der Waals surface area contributed by atoms with Crippen LogP contribution >= 0.6 is 11.6 Å². The Labute approximate surface area is 185 Å². The van der Waals surface area contributed by atoms with E-state index in [1.54, 1.807) is 0 Å². The third-order valence-corrected chi connectivity index (χ3v) is 7.02. The van der Waals surface area contributed by atoms with Crippen LogP contribution in [0.2, 0.25) is 5.02 Å². The molecule has 2 amide bonds. The van der Waals surface area contributed by atoms with Gasteiger partial charge in [0.15, 0.2) is 6.61 Å². The maximum atomic E-state index is 13.5. The minimum atomic E-state index is -0.748. The number of hydrogen-bond acceptors (Lipinski definition) is 6. The summed E-state index contributed by atoms with van der Waals surface area (Å²) in [5.74, 6) is -0.834. The van der Waals surface area contributed by atoms with Gasteiger partial charge in [-0.05, 0) is 44.2 Å². The minimum absolute atomic E-state index is 0.0137. The smallest absolute Gasteiger partial charge is 0.258 e. The second-order valence-electron chi connectivity index (χ2n) is 8.77. The molecule has 5 rings (SSSR count). The van der Waals surface area contributed by atoms with Crippen molar-refractivity contribution in [2.45, 2.75) is 55.3 Å². The molecule has 1 saturated heterocycles. The van der Waals surface area contributed by atoms with Crippen molar-refractivity contribution in [3.63, 3.8) is 0 Å². The van der Waals surface area contributed by atoms with Crippen molar-refractivity contribution >= 4 is 23.4 Å². The van der Waals surface area contributed by atoms with Gasteiger partial charge in [-0.2, -0.15) is 0 Å². The monoisotopic (exact) mass is 454 g/mol. The SMILES string of the molecule is O=C(COc1ccc(Cl)c(F)c1)NC12CCC(NC(=O)C3CNCCN3)(CC1)C(O)C2. The lowest BCUT2D eigenvalue weighted by atomic mass is 9.59. The Morgan fingerprint density at radius 1 is 1.23 bits per heavy atom. The zero-order valence-electron chi connectivity index (χ0n) is 17.2. The summed E-state index contributed by atoms with van der Waals surface area (Å²) in [6.45, 7) is 1.86. The van der Waals surface area contributed by atoms with Crippen molar-refractivity contribution in [2.24, 2.45) is 0 Å². The number of piperazine rings is 1. The number of aliphatic hydroxyl groups excluding tert-OH is 1. The molecule has 0 spiro atoms. The van der Waals surface area contributed by atoms with Gasteiger partial charge >= 0.3 is 0 Å². The van der Waals surface area contributed by atoms with Gasteiger partial charge in [0.25, 0.3) is 5.91 Å². The Kier molecular flexibility index (Phi) is 6.39. The molecule has 31 heavy (non-hydrogen) atoms. The summed E-state index contributed by atoms with van der Waals surface area (Å²) in [4.78, 5) is 25.1. The Morgan fingerprint density at radius 3 is 2.65 bits per heavy atom. The van der Waals surface area contributed by atoms with Gasteiger partial charge in [0.1, 0.15) is 11.6 Å². The molecule has 4 fully saturated rings. The maximum absolute atomic E-state index is 13.5. The number of halogens is 2. The van der Waals surface area contributed by atoms with E-state index in [1.807, 2.05) is 0 Å². The molecule has 3 saturated carbocycles. The first kappa shape index (κ1) is 22.3. The van der Waals surface area contributed by atoms with Crippen molar-refractivity contribution in [3.05, 3.63) is 29.0 Å². The zero-order valence-corrected chi connectivity index (χ0v) is 17.9. The standard InChI is InChI=1S/C21H28ClFN4O4/c22-14-2-1-13(9-15(14)23)31-12-18(29)26-20-3-5-21(6-4-20,17(28)10-20)27-19(30)16-11-24-7-8-25-16/h1-2,9,16-17,24-25,28H,3-8,10-12H2,(H,26,29)(H,27,30). The van der Waals surface area contributed by atoms with E-state index >= 15 is 0 Å². The fourth-order valence-corrected chi connectivity index (χ4v) is 5.00. The highest BCUT2D eigenvalue weighted by atomic mass is 35.5. The molecule has 2 unspecified atom stereocenters.